The molecule has 1 saturated heterocycles. The Morgan fingerprint density at radius 2 is 2.21 bits per heavy atom. The Labute approximate surface area is 84.3 Å². The van der Waals surface area contributed by atoms with Crippen LogP contribution in [0.4, 0.5) is 4.39 Å². The number of aryl methyl sites for hydroxylation is 1. The molecule has 2 rings (SSSR count). The quantitative estimate of drug-likeness (QED) is 0.722. The molecule has 0 amide bonds. The summed E-state index contributed by atoms with van der Waals surface area (Å²) in [4.78, 5) is 0. The van der Waals surface area contributed by atoms with Gasteiger partial charge in [-0.25, -0.2) is 4.39 Å². The highest BCUT2D eigenvalue weighted by atomic mass is 19.1. The van der Waals surface area contributed by atoms with Crippen molar-refractivity contribution in [1.82, 2.24) is 5.32 Å². The predicted octanol–water partition coefficient (Wildman–Crippen LogP) is 2.39. The highest BCUT2D eigenvalue weighted by Gasteiger charge is 2.30. The van der Waals surface area contributed by atoms with Crippen LogP contribution in [0.15, 0.2) is 18.2 Å². The van der Waals surface area contributed by atoms with Gasteiger partial charge in [0.2, 0.25) is 0 Å². The van der Waals surface area contributed by atoms with Gasteiger partial charge in [0.05, 0.1) is 0 Å². The fraction of sp³-hybridized carbons (Fsp3) is 0.500. The second kappa shape index (κ2) is 3.35. The summed E-state index contributed by atoms with van der Waals surface area (Å²) in [5.41, 5.74) is 1.96. The molecule has 76 valence electrons. The molecule has 1 N–H and O–H groups in total. The minimum atomic E-state index is -0.0874. The zero-order valence-electron chi connectivity index (χ0n) is 8.73. The minimum Gasteiger partial charge on any atom is -0.316 e. The van der Waals surface area contributed by atoms with Gasteiger partial charge in [0.25, 0.3) is 0 Å². The number of hydrogen-bond acceptors (Lipinski definition) is 1. The lowest BCUT2D eigenvalue weighted by Gasteiger charge is -2.23. The summed E-state index contributed by atoms with van der Waals surface area (Å²) in [5.74, 6) is -0.0874. The Kier molecular flexibility index (Phi) is 2.31. The number of benzene rings is 1. The van der Waals surface area contributed by atoms with Crippen molar-refractivity contribution in [3.8, 4) is 0 Å². The Bertz CT molecular complexity index is 340. The van der Waals surface area contributed by atoms with Gasteiger partial charge in [0.1, 0.15) is 5.82 Å². The molecule has 1 heterocycles. The first-order valence-electron chi connectivity index (χ1n) is 5.09. The van der Waals surface area contributed by atoms with Crippen molar-refractivity contribution >= 4 is 0 Å². The summed E-state index contributed by atoms with van der Waals surface area (Å²) in [6.07, 6.45) is 1.09. The van der Waals surface area contributed by atoms with Crippen molar-refractivity contribution in [1.29, 1.82) is 0 Å². The summed E-state index contributed by atoms with van der Waals surface area (Å²) in [6.45, 7) is 5.98. The van der Waals surface area contributed by atoms with E-state index in [1.54, 1.807) is 13.0 Å². The van der Waals surface area contributed by atoms with Gasteiger partial charge in [-0.1, -0.05) is 19.1 Å². The highest BCUT2D eigenvalue weighted by Crippen LogP contribution is 2.30. The number of hydrogen-bond donors (Lipinski definition) is 1. The van der Waals surface area contributed by atoms with Crippen LogP contribution < -0.4 is 5.32 Å². The lowest BCUT2D eigenvalue weighted by molar-refractivity contribution is 0.517. The van der Waals surface area contributed by atoms with E-state index in [1.807, 2.05) is 12.1 Å². The molecule has 0 bridgehead atoms. The van der Waals surface area contributed by atoms with Gasteiger partial charge in [-0.15, -0.1) is 0 Å². The van der Waals surface area contributed by atoms with Crippen LogP contribution in [0.5, 0.6) is 0 Å². The van der Waals surface area contributed by atoms with Crippen molar-refractivity contribution in [2.45, 2.75) is 25.7 Å². The van der Waals surface area contributed by atoms with E-state index in [2.05, 4.69) is 12.2 Å². The molecule has 2 heteroatoms. The molecule has 1 aliphatic rings. The maximum atomic E-state index is 13.4. The van der Waals surface area contributed by atoms with Crippen LogP contribution in [0.2, 0.25) is 0 Å². The van der Waals surface area contributed by atoms with Crippen LogP contribution in [-0.2, 0) is 5.41 Å². The maximum absolute atomic E-state index is 13.4. The molecule has 0 aromatic heterocycles. The monoisotopic (exact) mass is 193 g/mol. The first kappa shape index (κ1) is 9.66. The molecule has 0 saturated carbocycles. The first-order chi connectivity index (χ1) is 6.62. The van der Waals surface area contributed by atoms with Gasteiger partial charge in [-0.3, -0.25) is 0 Å². The van der Waals surface area contributed by atoms with Crippen LogP contribution in [-0.4, -0.2) is 13.1 Å². The van der Waals surface area contributed by atoms with Crippen molar-refractivity contribution in [3.05, 3.63) is 35.1 Å². The molecular weight excluding hydrogens is 177 g/mol. The van der Waals surface area contributed by atoms with E-state index in [0.29, 0.717) is 0 Å². The van der Waals surface area contributed by atoms with E-state index in [1.165, 1.54) is 0 Å². The van der Waals surface area contributed by atoms with Crippen LogP contribution in [0, 0.1) is 12.7 Å². The zero-order valence-corrected chi connectivity index (χ0v) is 8.73. The number of halogens is 1. The van der Waals surface area contributed by atoms with E-state index in [4.69, 9.17) is 0 Å². The summed E-state index contributed by atoms with van der Waals surface area (Å²) in [7, 11) is 0. The highest BCUT2D eigenvalue weighted by molar-refractivity contribution is 5.30. The molecule has 1 nitrogen and oxygen atoms in total. The molecule has 1 aromatic carbocycles. The van der Waals surface area contributed by atoms with Crippen molar-refractivity contribution < 1.29 is 4.39 Å². The summed E-state index contributed by atoms with van der Waals surface area (Å²) in [6, 6.07) is 5.60. The molecule has 1 aromatic rings. The lowest BCUT2D eigenvalue weighted by Crippen LogP contribution is -2.24. The molecule has 0 spiro atoms. The fourth-order valence-electron chi connectivity index (χ4n) is 2.03. The average Bonchev–Trinajstić information content (AvgIpc) is 2.58. The van der Waals surface area contributed by atoms with Crippen LogP contribution >= 0.6 is 0 Å². The van der Waals surface area contributed by atoms with E-state index in [-0.39, 0.29) is 11.2 Å². The zero-order chi connectivity index (χ0) is 10.2. The number of nitrogens with one attached hydrogen (secondary N) is 1. The Balaban J connectivity index is 2.36. The van der Waals surface area contributed by atoms with Gasteiger partial charge in [-0.2, -0.15) is 0 Å². The Hall–Kier alpha value is -0.890. The molecular formula is C12H16FN. The average molecular weight is 193 g/mol. The third kappa shape index (κ3) is 1.55. The van der Waals surface area contributed by atoms with Crippen LogP contribution in [0.25, 0.3) is 0 Å². The molecule has 1 unspecified atom stereocenters. The number of rotatable bonds is 1. The molecule has 1 aliphatic heterocycles. The first-order valence-corrected chi connectivity index (χ1v) is 5.09. The fourth-order valence-corrected chi connectivity index (χ4v) is 2.03. The standard InChI is InChI=1S/C12H16FN/c1-9-3-4-10(7-11(9)13)12(2)5-6-14-8-12/h3-4,7,14H,5-6,8H2,1-2H3. The minimum absolute atomic E-state index is 0.0874. The van der Waals surface area contributed by atoms with Gasteiger partial charge < -0.3 is 5.32 Å². The Morgan fingerprint density at radius 1 is 1.43 bits per heavy atom. The third-order valence-electron chi connectivity index (χ3n) is 3.24. The lowest BCUT2D eigenvalue weighted by atomic mass is 9.81. The van der Waals surface area contributed by atoms with Crippen molar-refractivity contribution in [2.75, 3.05) is 13.1 Å². The van der Waals surface area contributed by atoms with Gasteiger partial charge in [0.15, 0.2) is 0 Å². The van der Waals surface area contributed by atoms with E-state index in [9.17, 15) is 4.39 Å². The second-order valence-electron chi connectivity index (χ2n) is 4.45. The van der Waals surface area contributed by atoms with E-state index >= 15 is 0 Å². The van der Waals surface area contributed by atoms with Crippen LogP contribution in [0.3, 0.4) is 0 Å². The topological polar surface area (TPSA) is 12.0 Å². The van der Waals surface area contributed by atoms with Crippen molar-refractivity contribution in [2.24, 2.45) is 0 Å². The van der Waals surface area contributed by atoms with E-state index in [0.717, 1.165) is 30.6 Å². The summed E-state index contributed by atoms with van der Waals surface area (Å²) in [5, 5.41) is 3.32. The summed E-state index contributed by atoms with van der Waals surface area (Å²) >= 11 is 0. The molecule has 1 fully saturated rings. The molecule has 14 heavy (non-hydrogen) atoms. The summed E-state index contributed by atoms with van der Waals surface area (Å²) < 4.78 is 13.4. The Morgan fingerprint density at radius 3 is 2.79 bits per heavy atom. The van der Waals surface area contributed by atoms with Crippen molar-refractivity contribution in [3.63, 3.8) is 0 Å². The van der Waals surface area contributed by atoms with Crippen LogP contribution in [0.1, 0.15) is 24.5 Å². The maximum Gasteiger partial charge on any atom is 0.126 e. The third-order valence-corrected chi connectivity index (χ3v) is 3.24. The van der Waals surface area contributed by atoms with E-state index < -0.39 is 0 Å². The molecule has 0 radical (unpaired) electrons. The molecule has 1 atom stereocenters. The molecule has 0 aliphatic carbocycles. The largest absolute Gasteiger partial charge is 0.316 e. The SMILES string of the molecule is Cc1ccc(C2(C)CCNC2)cc1F. The van der Waals surface area contributed by atoms with Gasteiger partial charge in [0, 0.05) is 12.0 Å². The predicted molar refractivity (Wildman–Crippen MR) is 56.0 cm³/mol. The smallest absolute Gasteiger partial charge is 0.126 e. The van der Waals surface area contributed by atoms with Gasteiger partial charge >= 0.3 is 0 Å². The normalized spacial score (nSPS) is 26.8. The van der Waals surface area contributed by atoms with Gasteiger partial charge in [-0.05, 0) is 37.1 Å². The second-order valence-corrected chi connectivity index (χ2v) is 4.45.